The van der Waals surface area contributed by atoms with Crippen molar-refractivity contribution >= 4 is 11.8 Å². The molecule has 2 rings (SSSR count). The molecule has 0 aromatic rings. The molecule has 2 fully saturated rings. The lowest BCUT2D eigenvalue weighted by Crippen LogP contribution is -2.44. The Morgan fingerprint density at radius 1 is 1.28 bits per heavy atom. The van der Waals surface area contributed by atoms with Gasteiger partial charge in [0.2, 0.25) is 11.8 Å². The van der Waals surface area contributed by atoms with Crippen LogP contribution in [0.2, 0.25) is 0 Å². The molecular formula is C11H15F3N2O2. The van der Waals surface area contributed by atoms with Crippen LogP contribution in [0.25, 0.3) is 0 Å². The Morgan fingerprint density at radius 2 is 1.89 bits per heavy atom. The number of halogens is 3. The van der Waals surface area contributed by atoms with Crippen molar-refractivity contribution in [2.24, 2.45) is 11.8 Å². The zero-order chi connectivity index (χ0) is 13.3. The minimum atomic E-state index is -4.17. The third-order valence-corrected chi connectivity index (χ3v) is 3.60. The van der Waals surface area contributed by atoms with E-state index in [0.717, 1.165) is 0 Å². The van der Waals surface area contributed by atoms with E-state index < -0.39 is 18.0 Å². The lowest BCUT2D eigenvalue weighted by Gasteiger charge is -2.34. The summed E-state index contributed by atoms with van der Waals surface area (Å²) >= 11 is 0. The summed E-state index contributed by atoms with van der Waals surface area (Å²) in [6, 6.07) is 0. The molecule has 2 aliphatic rings. The van der Waals surface area contributed by atoms with Gasteiger partial charge in [0.25, 0.3) is 0 Å². The minimum Gasteiger partial charge on any atom is -0.355 e. The highest BCUT2D eigenvalue weighted by Gasteiger charge is 2.42. The molecule has 0 aromatic carbocycles. The molecule has 1 atom stereocenters. The van der Waals surface area contributed by atoms with Gasteiger partial charge in [-0.05, 0) is 12.8 Å². The van der Waals surface area contributed by atoms with Crippen LogP contribution in [0.4, 0.5) is 13.2 Å². The SMILES string of the molecule is O=C1CC(C(=O)N2CCC(C(F)(F)F)CC2)CN1. The van der Waals surface area contributed by atoms with Crippen LogP contribution in [0.5, 0.6) is 0 Å². The lowest BCUT2D eigenvalue weighted by molar-refractivity contribution is -0.186. The van der Waals surface area contributed by atoms with E-state index in [4.69, 9.17) is 0 Å². The van der Waals surface area contributed by atoms with E-state index in [9.17, 15) is 22.8 Å². The van der Waals surface area contributed by atoms with Crippen molar-refractivity contribution in [1.82, 2.24) is 10.2 Å². The average Bonchev–Trinajstić information content (AvgIpc) is 2.74. The summed E-state index contributed by atoms with van der Waals surface area (Å²) < 4.78 is 37.4. The van der Waals surface area contributed by atoms with Crippen molar-refractivity contribution in [1.29, 1.82) is 0 Å². The number of nitrogens with zero attached hydrogens (tertiary/aromatic N) is 1. The van der Waals surface area contributed by atoms with Crippen LogP contribution in [0, 0.1) is 11.8 Å². The molecular weight excluding hydrogens is 249 g/mol. The molecule has 0 aromatic heterocycles. The molecule has 1 N–H and O–H groups in total. The Bertz CT molecular complexity index is 349. The van der Waals surface area contributed by atoms with Gasteiger partial charge in [-0.1, -0.05) is 0 Å². The van der Waals surface area contributed by atoms with Gasteiger partial charge in [-0.25, -0.2) is 0 Å². The standard InChI is InChI=1S/C11H15F3N2O2/c12-11(13,14)8-1-3-16(4-2-8)10(18)7-5-9(17)15-6-7/h7-8H,1-6H2,(H,15,17). The van der Waals surface area contributed by atoms with E-state index >= 15 is 0 Å². The van der Waals surface area contributed by atoms with Crippen molar-refractivity contribution in [2.75, 3.05) is 19.6 Å². The van der Waals surface area contributed by atoms with Gasteiger partial charge in [0.05, 0.1) is 11.8 Å². The van der Waals surface area contributed by atoms with Gasteiger partial charge in [-0.3, -0.25) is 9.59 Å². The van der Waals surface area contributed by atoms with Crippen molar-refractivity contribution < 1.29 is 22.8 Å². The zero-order valence-electron chi connectivity index (χ0n) is 9.79. The highest BCUT2D eigenvalue weighted by Crippen LogP contribution is 2.34. The molecule has 2 aliphatic heterocycles. The number of carbonyl (C=O) groups is 2. The average molecular weight is 264 g/mol. The number of piperidine rings is 1. The third-order valence-electron chi connectivity index (χ3n) is 3.60. The molecule has 2 heterocycles. The predicted octanol–water partition coefficient (Wildman–Crippen LogP) is 0.923. The number of hydrogen-bond acceptors (Lipinski definition) is 2. The fraction of sp³-hybridized carbons (Fsp3) is 0.818. The summed E-state index contributed by atoms with van der Waals surface area (Å²) in [6.45, 7) is 0.568. The molecule has 18 heavy (non-hydrogen) atoms. The van der Waals surface area contributed by atoms with Crippen molar-refractivity contribution in [3.63, 3.8) is 0 Å². The van der Waals surface area contributed by atoms with Gasteiger partial charge in [0, 0.05) is 26.1 Å². The molecule has 2 amide bonds. The van der Waals surface area contributed by atoms with Crippen molar-refractivity contribution in [3.05, 3.63) is 0 Å². The van der Waals surface area contributed by atoms with Crippen LogP contribution in [0.3, 0.4) is 0 Å². The maximum absolute atomic E-state index is 12.5. The molecule has 0 radical (unpaired) electrons. The van der Waals surface area contributed by atoms with Gasteiger partial charge >= 0.3 is 6.18 Å². The summed E-state index contributed by atoms with van der Waals surface area (Å²) in [7, 11) is 0. The Labute approximate surface area is 103 Å². The second kappa shape index (κ2) is 4.78. The molecule has 4 nitrogen and oxygen atoms in total. The van der Waals surface area contributed by atoms with Gasteiger partial charge < -0.3 is 10.2 Å². The Balaban J connectivity index is 1.86. The lowest BCUT2D eigenvalue weighted by atomic mass is 9.95. The van der Waals surface area contributed by atoms with Gasteiger partial charge in [-0.15, -0.1) is 0 Å². The molecule has 0 bridgehead atoms. The summed E-state index contributed by atoms with van der Waals surface area (Å²) in [6.07, 6.45) is -4.09. The second-order valence-corrected chi connectivity index (χ2v) is 4.85. The van der Waals surface area contributed by atoms with Crippen LogP contribution in [0.1, 0.15) is 19.3 Å². The molecule has 7 heteroatoms. The number of amides is 2. The van der Waals surface area contributed by atoms with E-state index in [2.05, 4.69) is 5.32 Å². The number of rotatable bonds is 1. The van der Waals surface area contributed by atoms with E-state index in [1.807, 2.05) is 0 Å². The van der Waals surface area contributed by atoms with Crippen LogP contribution in [0.15, 0.2) is 0 Å². The zero-order valence-corrected chi connectivity index (χ0v) is 9.79. The highest BCUT2D eigenvalue weighted by atomic mass is 19.4. The first kappa shape index (κ1) is 13.2. The third kappa shape index (κ3) is 2.76. The van der Waals surface area contributed by atoms with E-state index in [-0.39, 0.29) is 44.2 Å². The van der Waals surface area contributed by atoms with Crippen LogP contribution in [-0.4, -0.2) is 42.5 Å². The van der Waals surface area contributed by atoms with Gasteiger partial charge in [0.1, 0.15) is 0 Å². The molecule has 0 saturated carbocycles. The first-order valence-corrected chi connectivity index (χ1v) is 6.00. The number of alkyl halides is 3. The smallest absolute Gasteiger partial charge is 0.355 e. The Kier molecular flexibility index (Phi) is 3.49. The van der Waals surface area contributed by atoms with Gasteiger partial charge in [0.15, 0.2) is 0 Å². The Morgan fingerprint density at radius 3 is 2.33 bits per heavy atom. The first-order chi connectivity index (χ1) is 8.38. The quantitative estimate of drug-likeness (QED) is 0.765. The first-order valence-electron chi connectivity index (χ1n) is 6.00. The monoisotopic (exact) mass is 264 g/mol. The van der Waals surface area contributed by atoms with Crippen LogP contribution < -0.4 is 5.32 Å². The van der Waals surface area contributed by atoms with Crippen molar-refractivity contribution in [2.45, 2.75) is 25.4 Å². The largest absolute Gasteiger partial charge is 0.391 e. The number of nitrogens with one attached hydrogen (secondary N) is 1. The van der Waals surface area contributed by atoms with E-state index in [0.29, 0.717) is 6.54 Å². The number of carbonyl (C=O) groups excluding carboxylic acids is 2. The number of hydrogen-bond donors (Lipinski definition) is 1. The van der Waals surface area contributed by atoms with E-state index in [1.165, 1.54) is 4.90 Å². The van der Waals surface area contributed by atoms with Gasteiger partial charge in [-0.2, -0.15) is 13.2 Å². The highest BCUT2D eigenvalue weighted by molar-refractivity contribution is 5.89. The fourth-order valence-electron chi connectivity index (χ4n) is 2.47. The molecule has 2 saturated heterocycles. The minimum absolute atomic E-state index is 0.0384. The summed E-state index contributed by atoms with van der Waals surface area (Å²) in [5.74, 6) is -2.07. The summed E-state index contributed by atoms with van der Waals surface area (Å²) in [5, 5.41) is 2.56. The van der Waals surface area contributed by atoms with Crippen molar-refractivity contribution in [3.8, 4) is 0 Å². The molecule has 102 valence electrons. The van der Waals surface area contributed by atoms with E-state index in [1.54, 1.807) is 0 Å². The van der Waals surface area contributed by atoms with Crippen LogP contribution in [-0.2, 0) is 9.59 Å². The maximum atomic E-state index is 12.5. The summed E-state index contributed by atoms with van der Waals surface area (Å²) in [5.41, 5.74) is 0. The molecule has 0 spiro atoms. The normalized spacial score (nSPS) is 26.3. The number of likely N-dealkylation sites (tertiary alicyclic amines) is 1. The predicted molar refractivity (Wildman–Crippen MR) is 56.5 cm³/mol. The van der Waals surface area contributed by atoms with Crippen LogP contribution >= 0.6 is 0 Å². The fourth-order valence-corrected chi connectivity index (χ4v) is 2.47. The molecule has 0 aliphatic carbocycles. The summed E-state index contributed by atoms with van der Waals surface area (Å²) in [4.78, 5) is 24.4. The molecule has 1 unspecified atom stereocenters. The topological polar surface area (TPSA) is 49.4 Å². The second-order valence-electron chi connectivity index (χ2n) is 4.85. The Hall–Kier alpha value is -1.27. The maximum Gasteiger partial charge on any atom is 0.391 e.